The lowest BCUT2D eigenvalue weighted by Gasteiger charge is -2.08. The van der Waals surface area contributed by atoms with E-state index in [0.29, 0.717) is 0 Å². The molecule has 17 heavy (non-hydrogen) atoms. The molecule has 1 aliphatic carbocycles. The van der Waals surface area contributed by atoms with E-state index in [1.165, 1.54) is 16.7 Å². The van der Waals surface area contributed by atoms with Crippen LogP contribution in [0.2, 0.25) is 0 Å². The minimum atomic E-state index is 0.166. The first-order chi connectivity index (χ1) is 8.20. The lowest BCUT2D eigenvalue weighted by Crippen LogP contribution is -1.98. The molecule has 2 heteroatoms. The molecule has 0 radical (unpaired) electrons. The van der Waals surface area contributed by atoms with Crippen molar-refractivity contribution in [1.29, 1.82) is 0 Å². The van der Waals surface area contributed by atoms with Crippen LogP contribution in [0.25, 0.3) is 0 Å². The Morgan fingerprint density at radius 1 is 1.29 bits per heavy atom. The quantitative estimate of drug-likeness (QED) is 0.753. The molecule has 2 nitrogen and oxygen atoms in total. The summed E-state index contributed by atoms with van der Waals surface area (Å²) in [5.74, 6) is 1.08. The Balaban J connectivity index is 2.34. The normalized spacial score (nSPS) is 17.1. The highest BCUT2D eigenvalue weighted by atomic mass is 16.3. The van der Waals surface area contributed by atoms with Crippen molar-refractivity contribution in [1.82, 2.24) is 0 Å². The average Bonchev–Trinajstić information content (AvgIpc) is 2.65. The first-order valence-corrected chi connectivity index (χ1v) is 6.21. The van der Waals surface area contributed by atoms with Crippen LogP contribution in [0.5, 0.6) is 0 Å². The van der Waals surface area contributed by atoms with Crippen LogP contribution in [-0.4, -0.2) is 11.7 Å². The molecule has 1 aliphatic rings. The molecule has 0 aliphatic heterocycles. The third kappa shape index (κ3) is 2.89. The van der Waals surface area contributed by atoms with Gasteiger partial charge in [-0.25, -0.2) is 0 Å². The van der Waals surface area contributed by atoms with Gasteiger partial charge in [0.15, 0.2) is 0 Å². The zero-order valence-corrected chi connectivity index (χ0v) is 10.6. The lowest BCUT2D eigenvalue weighted by atomic mass is 9.98. The van der Waals surface area contributed by atoms with Crippen LogP contribution in [-0.2, 0) is 12.8 Å². The monoisotopic (exact) mass is 232 g/mol. The number of aliphatic hydroxyl groups is 1. The van der Waals surface area contributed by atoms with E-state index in [0.717, 1.165) is 37.0 Å². The third-order valence-corrected chi connectivity index (χ3v) is 3.39. The van der Waals surface area contributed by atoms with Gasteiger partial charge in [0.2, 0.25) is 0 Å². The summed E-state index contributed by atoms with van der Waals surface area (Å²) in [7, 11) is 0. The standard InChI is InChI=1S/C15H20O2/c1-11-4-3-5-13(9-16)6-7-14-12(2)10-17-15(14)8-11/h4,6,10,16H,3,5,7-9H2,1-2H3. The Hall–Kier alpha value is -1.28. The SMILES string of the molecule is CC1=CCCC(CO)=CCc2c(C)coc2C1. The van der Waals surface area contributed by atoms with Gasteiger partial charge in [-0.05, 0) is 44.2 Å². The van der Waals surface area contributed by atoms with Gasteiger partial charge in [0.05, 0.1) is 12.9 Å². The number of aryl methyl sites for hydroxylation is 1. The van der Waals surface area contributed by atoms with Crippen molar-refractivity contribution in [2.75, 3.05) is 6.61 Å². The van der Waals surface area contributed by atoms with Gasteiger partial charge in [-0.15, -0.1) is 0 Å². The van der Waals surface area contributed by atoms with E-state index in [1.807, 2.05) is 6.26 Å². The van der Waals surface area contributed by atoms with E-state index in [4.69, 9.17) is 4.42 Å². The minimum absolute atomic E-state index is 0.166. The summed E-state index contributed by atoms with van der Waals surface area (Å²) in [6.45, 7) is 4.39. The highest BCUT2D eigenvalue weighted by molar-refractivity contribution is 5.32. The second-order valence-corrected chi connectivity index (χ2v) is 4.81. The molecule has 0 atom stereocenters. The fourth-order valence-electron chi connectivity index (χ4n) is 2.27. The van der Waals surface area contributed by atoms with Crippen molar-refractivity contribution in [3.05, 3.63) is 46.4 Å². The van der Waals surface area contributed by atoms with Crippen LogP contribution in [0.3, 0.4) is 0 Å². The first kappa shape index (κ1) is 12.2. The number of furan rings is 1. The summed E-state index contributed by atoms with van der Waals surface area (Å²) in [5.41, 5.74) is 4.97. The predicted octanol–water partition coefficient (Wildman–Crippen LogP) is 3.33. The molecule has 0 saturated carbocycles. The molecule has 1 aromatic heterocycles. The molecule has 0 bridgehead atoms. The lowest BCUT2D eigenvalue weighted by molar-refractivity contribution is 0.326. The highest BCUT2D eigenvalue weighted by Gasteiger charge is 2.11. The van der Waals surface area contributed by atoms with Crippen LogP contribution in [0, 0.1) is 6.92 Å². The molecule has 0 saturated heterocycles. The second-order valence-electron chi connectivity index (χ2n) is 4.81. The largest absolute Gasteiger partial charge is 0.468 e. The van der Waals surface area contributed by atoms with E-state index < -0.39 is 0 Å². The summed E-state index contributed by atoms with van der Waals surface area (Å²) < 4.78 is 5.63. The fourth-order valence-corrected chi connectivity index (χ4v) is 2.27. The summed E-state index contributed by atoms with van der Waals surface area (Å²) >= 11 is 0. The number of hydrogen-bond donors (Lipinski definition) is 1. The Morgan fingerprint density at radius 3 is 2.88 bits per heavy atom. The molecule has 1 N–H and O–H groups in total. The van der Waals surface area contributed by atoms with E-state index in [9.17, 15) is 5.11 Å². The molecule has 0 fully saturated rings. The van der Waals surface area contributed by atoms with Crippen LogP contribution in [0.4, 0.5) is 0 Å². The zero-order chi connectivity index (χ0) is 12.3. The van der Waals surface area contributed by atoms with Gasteiger partial charge in [0.25, 0.3) is 0 Å². The summed E-state index contributed by atoms with van der Waals surface area (Å²) in [6, 6.07) is 0. The molecule has 0 spiro atoms. The molecule has 1 heterocycles. The number of fused-ring (bicyclic) bond motifs is 1. The number of rotatable bonds is 1. The Morgan fingerprint density at radius 2 is 2.12 bits per heavy atom. The Labute approximate surface area is 103 Å². The van der Waals surface area contributed by atoms with Crippen LogP contribution >= 0.6 is 0 Å². The van der Waals surface area contributed by atoms with Crippen LogP contribution in [0.15, 0.2) is 34.0 Å². The molecule has 92 valence electrons. The maximum absolute atomic E-state index is 9.29. The molecule has 1 aromatic rings. The fraction of sp³-hybridized carbons (Fsp3) is 0.467. The van der Waals surface area contributed by atoms with Crippen molar-refractivity contribution in [3.63, 3.8) is 0 Å². The van der Waals surface area contributed by atoms with Crippen LogP contribution in [0.1, 0.15) is 36.7 Å². The van der Waals surface area contributed by atoms with Crippen LogP contribution < -0.4 is 0 Å². The third-order valence-electron chi connectivity index (χ3n) is 3.39. The van der Waals surface area contributed by atoms with Gasteiger partial charge < -0.3 is 9.52 Å². The smallest absolute Gasteiger partial charge is 0.111 e. The molecule has 0 aromatic carbocycles. The maximum atomic E-state index is 9.29. The molecule has 0 amide bonds. The molecular formula is C15H20O2. The van der Waals surface area contributed by atoms with Crippen molar-refractivity contribution in [2.24, 2.45) is 0 Å². The van der Waals surface area contributed by atoms with E-state index in [1.54, 1.807) is 0 Å². The maximum Gasteiger partial charge on any atom is 0.111 e. The van der Waals surface area contributed by atoms with E-state index in [-0.39, 0.29) is 6.61 Å². The Kier molecular flexibility index (Phi) is 3.85. The van der Waals surface area contributed by atoms with Crippen molar-refractivity contribution < 1.29 is 9.52 Å². The summed E-state index contributed by atoms with van der Waals surface area (Å²) in [6.07, 6.45) is 9.98. The zero-order valence-electron chi connectivity index (χ0n) is 10.6. The van der Waals surface area contributed by atoms with Gasteiger partial charge in [-0.2, -0.15) is 0 Å². The van der Waals surface area contributed by atoms with Gasteiger partial charge in [0.1, 0.15) is 5.76 Å². The van der Waals surface area contributed by atoms with Crippen molar-refractivity contribution in [2.45, 2.75) is 39.5 Å². The number of hydrogen-bond acceptors (Lipinski definition) is 2. The van der Waals surface area contributed by atoms with Crippen molar-refractivity contribution in [3.8, 4) is 0 Å². The van der Waals surface area contributed by atoms with Gasteiger partial charge in [0, 0.05) is 12.0 Å². The Bertz CT molecular complexity index is 449. The average molecular weight is 232 g/mol. The summed E-state index contributed by atoms with van der Waals surface area (Å²) in [4.78, 5) is 0. The second kappa shape index (κ2) is 5.37. The topological polar surface area (TPSA) is 33.4 Å². The van der Waals surface area contributed by atoms with E-state index in [2.05, 4.69) is 26.0 Å². The molecule has 0 unspecified atom stereocenters. The molecule has 2 rings (SSSR count). The van der Waals surface area contributed by atoms with Gasteiger partial charge in [-0.3, -0.25) is 0 Å². The highest BCUT2D eigenvalue weighted by Crippen LogP contribution is 2.23. The number of aliphatic hydroxyl groups excluding tert-OH is 1. The minimum Gasteiger partial charge on any atom is -0.468 e. The predicted molar refractivity (Wildman–Crippen MR) is 69.0 cm³/mol. The van der Waals surface area contributed by atoms with Gasteiger partial charge in [-0.1, -0.05) is 17.7 Å². The van der Waals surface area contributed by atoms with E-state index >= 15 is 0 Å². The molecular weight excluding hydrogens is 212 g/mol. The van der Waals surface area contributed by atoms with Crippen molar-refractivity contribution >= 4 is 0 Å². The van der Waals surface area contributed by atoms with Gasteiger partial charge >= 0.3 is 0 Å². The number of allylic oxidation sites excluding steroid dienone is 3. The summed E-state index contributed by atoms with van der Waals surface area (Å²) in [5, 5.41) is 9.29. The first-order valence-electron chi connectivity index (χ1n) is 6.21.